The number of nitrogens with one attached hydrogen (secondary N) is 3. The second kappa shape index (κ2) is 15.1. The molecule has 4 aromatic carbocycles. The van der Waals surface area contributed by atoms with Crippen LogP contribution in [0.5, 0.6) is 0 Å². The lowest BCUT2D eigenvalue weighted by Crippen LogP contribution is -2.28. The maximum Gasteiger partial charge on any atom is 0.296 e. The van der Waals surface area contributed by atoms with E-state index < -0.39 is 64.4 Å². The van der Waals surface area contributed by atoms with Crippen molar-refractivity contribution in [3.63, 3.8) is 0 Å². The second-order valence-corrected chi connectivity index (χ2v) is 14.3. The lowest BCUT2D eigenvalue weighted by molar-refractivity contribution is -0.110. The van der Waals surface area contributed by atoms with Gasteiger partial charge in [0, 0.05) is 17.3 Å². The van der Waals surface area contributed by atoms with Gasteiger partial charge in [0.15, 0.2) is 11.5 Å². The molecule has 6 rings (SSSR count). The largest absolute Gasteiger partial charge is 0.397 e. The van der Waals surface area contributed by atoms with Crippen LogP contribution in [0.15, 0.2) is 139 Å². The van der Waals surface area contributed by atoms with Gasteiger partial charge in [-0.05, 0) is 90.5 Å². The number of benzene rings is 4. The number of carbonyl (C=O) groups is 3. The van der Waals surface area contributed by atoms with E-state index in [1.807, 2.05) is 0 Å². The predicted molar refractivity (Wildman–Crippen MR) is 205 cm³/mol. The van der Waals surface area contributed by atoms with Crippen LogP contribution in [0.2, 0.25) is 0 Å². The van der Waals surface area contributed by atoms with Crippen molar-refractivity contribution in [3.05, 3.63) is 130 Å². The molecule has 0 aromatic heterocycles. The van der Waals surface area contributed by atoms with Gasteiger partial charge in [0.1, 0.15) is 21.2 Å². The van der Waals surface area contributed by atoms with Gasteiger partial charge in [-0.25, -0.2) is 0 Å². The van der Waals surface area contributed by atoms with Gasteiger partial charge >= 0.3 is 0 Å². The molecule has 18 nitrogen and oxygen atoms in total. The molecule has 0 heterocycles. The maximum atomic E-state index is 13.6. The minimum atomic E-state index is -5.10. The van der Waals surface area contributed by atoms with Crippen LogP contribution in [0.4, 0.5) is 34.1 Å². The van der Waals surface area contributed by atoms with E-state index >= 15 is 0 Å². The summed E-state index contributed by atoms with van der Waals surface area (Å²) in [7, 11) is -10.2. The van der Waals surface area contributed by atoms with Crippen LogP contribution in [-0.2, 0) is 25.0 Å². The molecule has 0 saturated carbocycles. The van der Waals surface area contributed by atoms with E-state index in [0.29, 0.717) is 22.8 Å². The van der Waals surface area contributed by atoms with Crippen molar-refractivity contribution in [3.8, 4) is 0 Å². The van der Waals surface area contributed by atoms with Gasteiger partial charge < -0.3 is 16.8 Å². The average molecular weight is 782 g/mol. The minimum Gasteiger partial charge on any atom is -0.397 e. The Morgan fingerprint density at radius 2 is 1.35 bits per heavy atom. The number of para-hydroxylation sites is 1. The van der Waals surface area contributed by atoms with Crippen LogP contribution in [0, 0.1) is 0 Å². The van der Waals surface area contributed by atoms with Crippen molar-refractivity contribution in [1.29, 1.82) is 0 Å². The first-order valence-electron chi connectivity index (χ1n) is 15.6. The summed E-state index contributed by atoms with van der Waals surface area (Å²) in [6.07, 6.45) is 4.85. The van der Waals surface area contributed by atoms with E-state index in [1.54, 1.807) is 54.6 Å². The third-order valence-electron chi connectivity index (χ3n) is 7.76. The summed E-state index contributed by atoms with van der Waals surface area (Å²) >= 11 is 0. The summed E-state index contributed by atoms with van der Waals surface area (Å²) in [6.45, 7) is 0. The predicted octanol–water partition coefficient (Wildman–Crippen LogP) is 4.83. The highest BCUT2D eigenvalue weighted by Gasteiger charge is 2.37. The van der Waals surface area contributed by atoms with Crippen LogP contribution in [-0.4, -0.2) is 54.8 Å². The number of amides is 1. The molecule has 0 aliphatic heterocycles. The number of anilines is 4. The number of ketones is 2. The number of nitrogens with two attached hydrogens (primary N) is 2. The Morgan fingerprint density at radius 1 is 0.709 bits per heavy atom. The number of rotatable bonds is 10. The molecule has 278 valence electrons. The Labute approximate surface area is 312 Å². The zero-order valence-corrected chi connectivity index (χ0v) is 29.5. The number of nitrogen functional groups attached to an aromatic ring is 1. The number of hydrazone groups is 2. The van der Waals surface area contributed by atoms with Crippen molar-refractivity contribution in [1.82, 2.24) is 0 Å². The highest BCUT2D eigenvalue weighted by molar-refractivity contribution is 7.91. The standard InChI is InChI=1S/C35H27N9O9S2/c36-26-18-25(45)14-15-27(26)42-39-24-12-10-21(11-13-24)38-35(47)19-6-8-23(9-7-19)41-43-32-28(54(48,49)50)16-20-17-29(55(51,52)53)33(34(46)30(20)31(32)37)44-40-22-4-2-1-3-5-22/h1-18,39-40H,36-37H2,(H,38,47)(H,48,49,50)(H,51,52,53). The molecule has 9 N–H and O–H groups in total. The molecule has 0 fully saturated rings. The molecular weight excluding hydrogens is 755 g/mol. The van der Waals surface area contributed by atoms with Crippen molar-refractivity contribution >= 4 is 89.3 Å². The van der Waals surface area contributed by atoms with Gasteiger partial charge in [-0.1, -0.05) is 18.2 Å². The highest BCUT2D eigenvalue weighted by atomic mass is 32.2. The zero-order chi connectivity index (χ0) is 39.5. The molecule has 0 unspecified atom stereocenters. The van der Waals surface area contributed by atoms with Gasteiger partial charge in [0.05, 0.1) is 34.0 Å². The molecule has 20 heteroatoms. The average Bonchev–Trinajstić information content (AvgIpc) is 3.14. The van der Waals surface area contributed by atoms with E-state index in [0.717, 1.165) is 12.1 Å². The molecule has 0 spiro atoms. The van der Waals surface area contributed by atoms with Crippen molar-refractivity contribution in [2.24, 2.45) is 26.2 Å². The number of hydrogen-bond acceptors (Lipinski definition) is 15. The summed E-state index contributed by atoms with van der Waals surface area (Å²) in [6, 6.07) is 21.0. The van der Waals surface area contributed by atoms with Gasteiger partial charge in [-0.15, -0.1) is 5.11 Å². The number of azo groups is 1. The van der Waals surface area contributed by atoms with Crippen molar-refractivity contribution < 1.29 is 40.3 Å². The first kappa shape index (κ1) is 37.6. The number of allylic oxidation sites excluding steroid dienone is 4. The Bertz CT molecular complexity index is 2670. The van der Waals surface area contributed by atoms with Gasteiger partial charge in [0.2, 0.25) is 5.78 Å². The lowest BCUT2D eigenvalue weighted by Gasteiger charge is -2.20. The lowest BCUT2D eigenvalue weighted by atomic mass is 9.92. The molecule has 1 amide bonds. The molecule has 4 aromatic rings. The minimum absolute atomic E-state index is 0.105. The molecule has 55 heavy (non-hydrogen) atoms. The van der Waals surface area contributed by atoms with Crippen LogP contribution in [0.25, 0.3) is 6.08 Å². The Hall–Kier alpha value is -7.13. The fourth-order valence-corrected chi connectivity index (χ4v) is 6.44. The molecule has 2 aliphatic carbocycles. The SMILES string of the molecule is NC1=CC(=O)C=CC1=NNc1ccc(NC(=O)c2ccc(N=Nc3c(S(=O)(=O)O)cc4c(c3N)C(=O)C(=NNc3ccccc3)C(S(=O)(=O)O)=C4)cc2)cc1. The van der Waals surface area contributed by atoms with E-state index in [4.69, 9.17) is 11.5 Å². The molecule has 0 bridgehead atoms. The fourth-order valence-electron chi connectivity index (χ4n) is 5.11. The van der Waals surface area contributed by atoms with Gasteiger partial charge in [0.25, 0.3) is 26.1 Å². The first-order valence-corrected chi connectivity index (χ1v) is 18.5. The zero-order valence-electron chi connectivity index (χ0n) is 27.9. The molecule has 0 saturated heterocycles. The van der Waals surface area contributed by atoms with Crippen molar-refractivity contribution in [2.45, 2.75) is 4.90 Å². The summed E-state index contributed by atoms with van der Waals surface area (Å²) < 4.78 is 69.2. The molecule has 0 atom stereocenters. The molecule has 0 radical (unpaired) electrons. The maximum absolute atomic E-state index is 13.6. The third-order valence-corrected chi connectivity index (χ3v) is 9.50. The van der Waals surface area contributed by atoms with Crippen LogP contribution < -0.4 is 27.6 Å². The Morgan fingerprint density at radius 3 is 1.98 bits per heavy atom. The molecule has 2 aliphatic rings. The van der Waals surface area contributed by atoms with Crippen LogP contribution >= 0.6 is 0 Å². The number of carbonyl (C=O) groups excluding carboxylic acids is 3. The highest BCUT2D eigenvalue weighted by Crippen LogP contribution is 2.41. The first-order chi connectivity index (χ1) is 26.1. The number of hydrogen-bond donors (Lipinski definition) is 7. The van der Waals surface area contributed by atoms with Crippen molar-refractivity contribution in [2.75, 3.05) is 21.9 Å². The topological polar surface area (TPSA) is 298 Å². The van der Waals surface area contributed by atoms with Crippen LogP contribution in [0.3, 0.4) is 0 Å². The van der Waals surface area contributed by atoms with Gasteiger partial charge in [-0.3, -0.25) is 34.3 Å². The van der Waals surface area contributed by atoms with Gasteiger partial charge in [-0.2, -0.15) is 32.2 Å². The summed E-state index contributed by atoms with van der Waals surface area (Å²) in [5.41, 5.74) is 16.9. The van der Waals surface area contributed by atoms with E-state index in [9.17, 15) is 40.3 Å². The Kier molecular flexibility index (Phi) is 10.3. The number of nitrogens with zero attached hydrogens (tertiary/aromatic N) is 4. The number of Topliss-reactive ketones (excluding diaryl/α,β-unsaturated/α-hetero) is 1. The van der Waals surface area contributed by atoms with E-state index in [1.165, 1.54) is 42.5 Å². The second-order valence-electron chi connectivity index (χ2n) is 11.5. The molecular formula is C35H27N9O9S2. The quantitative estimate of drug-likeness (QED) is 0.0374. The summed E-state index contributed by atoms with van der Waals surface area (Å²) in [5.74, 6) is -1.84. The van der Waals surface area contributed by atoms with Crippen LogP contribution in [0.1, 0.15) is 26.3 Å². The normalized spacial score (nSPS) is 15.8. The smallest absolute Gasteiger partial charge is 0.296 e. The Balaban J connectivity index is 1.22. The summed E-state index contributed by atoms with van der Waals surface area (Å²) in [5, 5.41) is 18.6. The third kappa shape index (κ3) is 8.58. The monoisotopic (exact) mass is 781 g/mol. The fraction of sp³-hybridized carbons (Fsp3) is 0. The van der Waals surface area contributed by atoms with E-state index in [-0.39, 0.29) is 28.3 Å². The summed E-state index contributed by atoms with van der Waals surface area (Å²) in [4.78, 5) is 36.1. The number of fused-ring (bicyclic) bond motifs is 1. The van der Waals surface area contributed by atoms with E-state index in [2.05, 4.69) is 36.6 Å².